The van der Waals surface area contributed by atoms with Gasteiger partial charge in [0.05, 0.1) is 5.75 Å². The molecule has 21 heavy (non-hydrogen) atoms. The quantitative estimate of drug-likeness (QED) is 0.683. The molecule has 0 heterocycles. The lowest BCUT2D eigenvalue weighted by atomic mass is 10.3. The van der Waals surface area contributed by atoms with Gasteiger partial charge in [-0.3, -0.25) is 4.79 Å². The molecule has 2 nitrogen and oxygen atoms in total. The van der Waals surface area contributed by atoms with E-state index in [0.717, 1.165) is 36.0 Å². The predicted molar refractivity (Wildman–Crippen MR) is 72.1 cm³/mol. The summed E-state index contributed by atoms with van der Waals surface area (Å²) in [6, 6.07) is 5.96. The number of carbonyl (C=O) groups excluding carboxylic acids is 1. The molecule has 1 N–H and O–H groups in total. The second-order valence-corrected chi connectivity index (χ2v) is 5.06. The number of benzene rings is 2. The maximum atomic E-state index is 13.3. The van der Waals surface area contributed by atoms with Crippen LogP contribution in [-0.4, -0.2) is 11.7 Å². The van der Waals surface area contributed by atoms with Crippen molar-refractivity contribution >= 4 is 23.4 Å². The second-order valence-electron chi connectivity index (χ2n) is 4.04. The molecule has 0 spiro atoms. The van der Waals surface area contributed by atoms with Crippen molar-refractivity contribution in [2.24, 2.45) is 0 Å². The summed E-state index contributed by atoms with van der Waals surface area (Å²) in [5.74, 6) is -4.24. The smallest absolute Gasteiger partial charge is 0.234 e. The van der Waals surface area contributed by atoms with Gasteiger partial charge in [0.2, 0.25) is 5.91 Å². The minimum atomic E-state index is -1.08. The Hall–Kier alpha value is -2.02. The number of rotatable bonds is 4. The molecule has 0 aromatic heterocycles. The lowest BCUT2D eigenvalue weighted by Gasteiger charge is -2.06. The molecule has 7 heteroatoms. The van der Waals surface area contributed by atoms with Crippen molar-refractivity contribution < 1.29 is 22.4 Å². The van der Waals surface area contributed by atoms with E-state index in [-0.39, 0.29) is 16.3 Å². The largest absolute Gasteiger partial charge is 0.325 e. The van der Waals surface area contributed by atoms with Crippen LogP contribution in [0.1, 0.15) is 0 Å². The summed E-state index contributed by atoms with van der Waals surface area (Å²) < 4.78 is 51.7. The van der Waals surface area contributed by atoms with Crippen LogP contribution in [0.5, 0.6) is 0 Å². The zero-order valence-electron chi connectivity index (χ0n) is 10.5. The van der Waals surface area contributed by atoms with Gasteiger partial charge in [-0.05, 0) is 24.3 Å². The van der Waals surface area contributed by atoms with E-state index in [1.807, 2.05) is 0 Å². The molecule has 0 bridgehead atoms. The molecular weight excluding hydrogens is 306 g/mol. The number of carbonyl (C=O) groups is 1. The van der Waals surface area contributed by atoms with Crippen molar-refractivity contribution in [1.82, 2.24) is 0 Å². The highest BCUT2D eigenvalue weighted by molar-refractivity contribution is 8.00. The summed E-state index contributed by atoms with van der Waals surface area (Å²) in [5.41, 5.74) is 0.0964. The fraction of sp³-hybridized carbons (Fsp3) is 0.0714. The van der Waals surface area contributed by atoms with Crippen LogP contribution >= 0.6 is 11.8 Å². The monoisotopic (exact) mass is 315 g/mol. The van der Waals surface area contributed by atoms with Crippen LogP contribution < -0.4 is 5.32 Å². The minimum Gasteiger partial charge on any atom is -0.325 e. The first kappa shape index (κ1) is 15.4. The molecule has 0 aliphatic rings. The third-order valence-electron chi connectivity index (χ3n) is 2.46. The Morgan fingerprint density at radius 1 is 0.952 bits per heavy atom. The first-order chi connectivity index (χ1) is 9.95. The Labute approximate surface area is 122 Å². The first-order valence-corrected chi connectivity index (χ1v) is 6.77. The van der Waals surface area contributed by atoms with Gasteiger partial charge in [-0.1, -0.05) is 0 Å². The molecule has 0 fully saturated rings. The normalized spacial score (nSPS) is 10.5. The fourth-order valence-electron chi connectivity index (χ4n) is 1.51. The molecular formula is C14H9F4NOS. The molecule has 0 saturated heterocycles. The highest BCUT2D eigenvalue weighted by Gasteiger charge is 2.09. The molecule has 0 saturated carbocycles. The molecule has 1 amide bonds. The summed E-state index contributed by atoms with van der Waals surface area (Å²) in [7, 11) is 0. The molecule has 2 rings (SSSR count). The number of hydrogen-bond acceptors (Lipinski definition) is 2. The van der Waals surface area contributed by atoms with Crippen molar-refractivity contribution in [2.45, 2.75) is 4.90 Å². The van der Waals surface area contributed by atoms with E-state index in [1.165, 1.54) is 12.1 Å². The molecule has 0 aliphatic carbocycles. The van der Waals surface area contributed by atoms with E-state index in [4.69, 9.17) is 0 Å². The average Bonchev–Trinajstić information content (AvgIpc) is 2.42. The van der Waals surface area contributed by atoms with Crippen LogP contribution in [0.25, 0.3) is 0 Å². The Balaban J connectivity index is 1.94. The van der Waals surface area contributed by atoms with E-state index in [1.54, 1.807) is 0 Å². The van der Waals surface area contributed by atoms with Crippen molar-refractivity contribution in [3.8, 4) is 0 Å². The molecule has 2 aromatic carbocycles. The SMILES string of the molecule is O=C(CSc1ccc(F)cc1F)Nc1ccc(F)c(F)c1. The van der Waals surface area contributed by atoms with E-state index < -0.39 is 29.2 Å². The van der Waals surface area contributed by atoms with Crippen molar-refractivity contribution in [2.75, 3.05) is 11.1 Å². The van der Waals surface area contributed by atoms with E-state index in [9.17, 15) is 22.4 Å². The van der Waals surface area contributed by atoms with E-state index >= 15 is 0 Å². The molecule has 110 valence electrons. The van der Waals surface area contributed by atoms with Gasteiger partial charge in [0, 0.05) is 22.7 Å². The predicted octanol–water partition coefficient (Wildman–Crippen LogP) is 3.97. The Morgan fingerprint density at radius 2 is 1.71 bits per heavy atom. The van der Waals surface area contributed by atoms with Crippen LogP contribution in [0.2, 0.25) is 0 Å². The van der Waals surface area contributed by atoms with Gasteiger partial charge in [0.15, 0.2) is 11.6 Å². The Morgan fingerprint density at radius 3 is 2.38 bits per heavy atom. The van der Waals surface area contributed by atoms with Gasteiger partial charge < -0.3 is 5.32 Å². The average molecular weight is 315 g/mol. The van der Waals surface area contributed by atoms with Crippen molar-refractivity contribution in [1.29, 1.82) is 0 Å². The number of amides is 1. The molecule has 0 unspecified atom stereocenters. The van der Waals surface area contributed by atoms with Gasteiger partial charge >= 0.3 is 0 Å². The van der Waals surface area contributed by atoms with E-state index in [2.05, 4.69) is 5.32 Å². The highest BCUT2D eigenvalue weighted by atomic mass is 32.2. The lowest BCUT2D eigenvalue weighted by molar-refractivity contribution is -0.113. The van der Waals surface area contributed by atoms with Crippen LogP contribution in [0.4, 0.5) is 23.2 Å². The van der Waals surface area contributed by atoms with Crippen LogP contribution in [0, 0.1) is 23.3 Å². The van der Waals surface area contributed by atoms with Crippen LogP contribution in [-0.2, 0) is 4.79 Å². The summed E-state index contributed by atoms with van der Waals surface area (Å²) >= 11 is 0.869. The standard InChI is InChI=1S/C14H9F4NOS/c15-8-1-4-13(12(18)5-8)21-7-14(20)19-9-2-3-10(16)11(17)6-9/h1-6H,7H2,(H,19,20). The minimum absolute atomic E-state index is 0.0964. The van der Waals surface area contributed by atoms with Gasteiger partial charge in [-0.25, -0.2) is 17.6 Å². The van der Waals surface area contributed by atoms with Gasteiger partial charge in [-0.2, -0.15) is 0 Å². The van der Waals surface area contributed by atoms with Crippen molar-refractivity contribution in [3.05, 3.63) is 59.7 Å². The lowest BCUT2D eigenvalue weighted by Crippen LogP contribution is -2.14. The third-order valence-corrected chi connectivity index (χ3v) is 3.50. The summed E-state index contributed by atoms with van der Waals surface area (Å²) in [6.07, 6.45) is 0. The highest BCUT2D eigenvalue weighted by Crippen LogP contribution is 2.22. The van der Waals surface area contributed by atoms with Crippen molar-refractivity contribution in [3.63, 3.8) is 0 Å². The van der Waals surface area contributed by atoms with Crippen LogP contribution in [0.15, 0.2) is 41.3 Å². The number of thioether (sulfide) groups is 1. The number of anilines is 1. The second kappa shape index (κ2) is 6.62. The molecule has 2 aromatic rings. The summed E-state index contributed by atoms with van der Waals surface area (Å²) in [5, 5.41) is 2.35. The fourth-order valence-corrected chi connectivity index (χ4v) is 2.23. The first-order valence-electron chi connectivity index (χ1n) is 5.78. The van der Waals surface area contributed by atoms with Gasteiger partial charge in [0.25, 0.3) is 0 Å². The zero-order valence-corrected chi connectivity index (χ0v) is 11.3. The van der Waals surface area contributed by atoms with Gasteiger partial charge in [-0.15, -0.1) is 11.8 Å². The molecule has 0 radical (unpaired) electrons. The van der Waals surface area contributed by atoms with Gasteiger partial charge in [0.1, 0.15) is 11.6 Å². The Kier molecular flexibility index (Phi) is 4.85. The maximum absolute atomic E-state index is 13.3. The van der Waals surface area contributed by atoms with Crippen LogP contribution in [0.3, 0.4) is 0 Å². The molecule has 0 atom stereocenters. The summed E-state index contributed by atoms with van der Waals surface area (Å²) in [6.45, 7) is 0. The van der Waals surface area contributed by atoms with E-state index in [0.29, 0.717) is 0 Å². The summed E-state index contributed by atoms with van der Waals surface area (Å²) in [4.78, 5) is 11.7. The number of nitrogens with one attached hydrogen (secondary N) is 1. The maximum Gasteiger partial charge on any atom is 0.234 e. The number of hydrogen-bond donors (Lipinski definition) is 1. The third kappa shape index (κ3) is 4.22. The molecule has 0 aliphatic heterocycles. The zero-order chi connectivity index (χ0) is 15.4. The Bertz CT molecular complexity index is 678. The number of halogens is 4. The topological polar surface area (TPSA) is 29.1 Å².